The molecule has 0 aliphatic heterocycles. The molecule has 2 heteroatoms. The zero-order valence-corrected chi connectivity index (χ0v) is 16.4. The number of aliphatic hydroxyl groups excluding tert-OH is 1. The average Bonchev–Trinajstić information content (AvgIpc) is 2.84. The Kier molecular flexibility index (Phi) is 5.88. The van der Waals surface area contributed by atoms with Crippen molar-refractivity contribution < 1.29 is 9.90 Å². The standard InChI is InChI=1S/C28H21O2/c29-27(23-17-9-3-10-18-23)25(21-13-5-1-6-14-21)26(22-15-7-2-8-16-22)28(30)24-19-11-4-12-20-24/h1-20,29H/q-3/b26-25+. The van der Waals surface area contributed by atoms with Crippen molar-refractivity contribution in [1.82, 2.24) is 0 Å². The Morgan fingerprint density at radius 1 is 0.733 bits per heavy atom. The molecule has 0 amide bonds. The number of allylic oxidation sites excluding steroid dienone is 5. The molecular formula is C28H21O2-3. The number of benzene rings is 3. The molecule has 0 unspecified atom stereocenters. The summed E-state index contributed by atoms with van der Waals surface area (Å²) in [4.78, 5) is 13.7. The van der Waals surface area contributed by atoms with Gasteiger partial charge in [0.1, 0.15) is 5.78 Å². The van der Waals surface area contributed by atoms with Gasteiger partial charge in [0.25, 0.3) is 0 Å². The van der Waals surface area contributed by atoms with Crippen molar-refractivity contribution in [2.24, 2.45) is 0 Å². The third-order valence-corrected chi connectivity index (χ3v) is 4.92. The molecule has 0 saturated carbocycles. The first kappa shape index (κ1) is 19.4. The summed E-state index contributed by atoms with van der Waals surface area (Å²) in [6, 6.07) is 28.0. The topological polar surface area (TPSA) is 37.3 Å². The first-order chi connectivity index (χ1) is 14.8. The van der Waals surface area contributed by atoms with Crippen LogP contribution in [0.25, 0.3) is 5.57 Å². The molecular weight excluding hydrogens is 368 g/mol. The summed E-state index contributed by atoms with van der Waals surface area (Å²) in [6.07, 6.45) is 9.63. The Hall–Kier alpha value is -3.88. The van der Waals surface area contributed by atoms with E-state index >= 15 is 0 Å². The first-order valence-corrected chi connectivity index (χ1v) is 9.82. The summed E-state index contributed by atoms with van der Waals surface area (Å²) >= 11 is 0. The highest BCUT2D eigenvalue weighted by molar-refractivity contribution is 6.30. The van der Waals surface area contributed by atoms with Gasteiger partial charge in [0.05, 0.1) is 0 Å². The fourth-order valence-electron chi connectivity index (χ4n) is 3.47. The fourth-order valence-corrected chi connectivity index (χ4v) is 3.47. The molecule has 0 bridgehead atoms. The maximum Gasteiger partial charge on any atom is 0.129 e. The number of carbonyl (C=O) groups is 1. The van der Waals surface area contributed by atoms with E-state index in [1.807, 2.05) is 110 Å². The number of hydrogen-bond donors (Lipinski definition) is 1. The minimum absolute atomic E-state index is 0.0740. The molecule has 0 saturated heterocycles. The quantitative estimate of drug-likeness (QED) is 0.310. The predicted octanol–water partition coefficient (Wildman–Crippen LogP) is 6.18. The smallest absolute Gasteiger partial charge is 0.129 e. The van der Waals surface area contributed by atoms with Gasteiger partial charge in [-0.3, -0.25) is 18.1 Å². The molecule has 0 atom stereocenters. The molecule has 1 aliphatic carbocycles. The number of Topliss-reactive ketones (excluding diaryl/α,β-unsaturated/α-hetero) is 1. The van der Waals surface area contributed by atoms with Crippen LogP contribution in [0.1, 0.15) is 21.5 Å². The maximum absolute atomic E-state index is 13.7. The highest BCUT2D eigenvalue weighted by atomic mass is 16.3. The van der Waals surface area contributed by atoms with Crippen molar-refractivity contribution in [3.63, 3.8) is 0 Å². The number of aliphatic hydroxyl groups is 1. The molecule has 3 aromatic carbocycles. The van der Waals surface area contributed by atoms with E-state index in [1.54, 1.807) is 12.1 Å². The Bertz CT molecular complexity index is 1070. The van der Waals surface area contributed by atoms with Crippen LogP contribution in [0.15, 0.2) is 121 Å². The second-order valence-electron chi connectivity index (χ2n) is 6.89. The largest absolute Gasteiger partial charge is 0.433 e. The van der Waals surface area contributed by atoms with E-state index in [0.717, 1.165) is 11.5 Å². The van der Waals surface area contributed by atoms with Crippen LogP contribution in [-0.2, 0) is 0 Å². The second-order valence-corrected chi connectivity index (χ2v) is 6.89. The maximum atomic E-state index is 13.7. The van der Waals surface area contributed by atoms with Gasteiger partial charge < -0.3 is 28.5 Å². The van der Waals surface area contributed by atoms with Crippen LogP contribution in [0, 0.1) is 18.4 Å². The summed E-state index contributed by atoms with van der Waals surface area (Å²) in [5, 5.41) is 11.4. The molecule has 0 spiro atoms. The van der Waals surface area contributed by atoms with Crippen molar-refractivity contribution in [3.8, 4) is 0 Å². The van der Waals surface area contributed by atoms with E-state index in [1.165, 1.54) is 0 Å². The van der Waals surface area contributed by atoms with Gasteiger partial charge in [-0.05, 0) is 6.10 Å². The third-order valence-electron chi connectivity index (χ3n) is 4.92. The lowest BCUT2D eigenvalue weighted by Gasteiger charge is -2.43. The van der Waals surface area contributed by atoms with Crippen LogP contribution in [0.3, 0.4) is 0 Å². The molecule has 4 rings (SSSR count). The van der Waals surface area contributed by atoms with Crippen LogP contribution >= 0.6 is 0 Å². The molecule has 1 aliphatic rings. The minimum Gasteiger partial charge on any atom is -0.433 e. The van der Waals surface area contributed by atoms with Gasteiger partial charge in [0.2, 0.25) is 0 Å². The Morgan fingerprint density at radius 3 is 1.80 bits per heavy atom. The SMILES string of the molecule is O=C(/C(=C(\[C-]1C=C[CH-]C=C1)[C-](O)c1ccccc1)c1ccccc1)c1ccccc1. The molecule has 0 radical (unpaired) electrons. The van der Waals surface area contributed by atoms with Gasteiger partial charge in [-0.15, -0.1) is 0 Å². The molecule has 0 heterocycles. The molecule has 0 fully saturated rings. The van der Waals surface area contributed by atoms with E-state index in [-0.39, 0.29) is 11.9 Å². The summed E-state index contributed by atoms with van der Waals surface area (Å²) < 4.78 is 0. The van der Waals surface area contributed by atoms with Gasteiger partial charge >= 0.3 is 0 Å². The van der Waals surface area contributed by atoms with E-state index in [2.05, 4.69) is 0 Å². The number of rotatable bonds is 6. The summed E-state index contributed by atoms with van der Waals surface area (Å²) in [5.41, 5.74) is 2.97. The van der Waals surface area contributed by atoms with Crippen molar-refractivity contribution in [3.05, 3.63) is 156 Å². The van der Waals surface area contributed by atoms with E-state index in [4.69, 9.17) is 0 Å². The minimum atomic E-state index is -0.136. The van der Waals surface area contributed by atoms with Crippen LogP contribution in [0.5, 0.6) is 0 Å². The number of carbonyl (C=O) groups excluding carboxylic acids is 1. The van der Waals surface area contributed by atoms with Crippen molar-refractivity contribution in [1.29, 1.82) is 0 Å². The normalized spacial score (nSPS) is 13.4. The average molecular weight is 389 g/mol. The highest BCUT2D eigenvalue weighted by Crippen LogP contribution is 2.38. The lowest BCUT2D eigenvalue weighted by Crippen LogP contribution is -2.16. The van der Waals surface area contributed by atoms with Crippen LogP contribution in [0.4, 0.5) is 0 Å². The van der Waals surface area contributed by atoms with Gasteiger partial charge in [-0.25, -0.2) is 0 Å². The molecule has 0 aromatic heterocycles. The second kappa shape index (κ2) is 9.08. The third kappa shape index (κ3) is 4.09. The van der Waals surface area contributed by atoms with Crippen LogP contribution in [-0.4, -0.2) is 10.9 Å². The first-order valence-electron chi connectivity index (χ1n) is 9.82. The van der Waals surface area contributed by atoms with Crippen molar-refractivity contribution in [2.45, 2.75) is 0 Å². The van der Waals surface area contributed by atoms with Gasteiger partial charge in [0.15, 0.2) is 0 Å². The molecule has 1 N–H and O–H groups in total. The van der Waals surface area contributed by atoms with E-state index < -0.39 is 0 Å². The van der Waals surface area contributed by atoms with E-state index in [0.29, 0.717) is 22.3 Å². The van der Waals surface area contributed by atoms with E-state index in [9.17, 15) is 9.90 Å². The Balaban J connectivity index is 1.97. The van der Waals surface area contributed by atoms with Crippen LogP contribution in [0.2, 0.25) is 0 Å². The van der Waals surface area contributed by atoms with Crippen molar-refractivity contribution >= 4 is 11.4 Å². The summed E-state index contributed by atoms with van der Waals surface area (Å²) in [7, 11) is 0. The predicted molar refractivity (Wildman–Crippen MR) is 121 cm³/mol. The lowest BCUT2D eigenvalue weighted by molar-refractivity contribution is 0.105. The van der Waals surface area contributed by atoms with Gasteiger partial charge in [-0.2, -0.15) is 5.57 Å². The molecule has 148 valence electrons. The lowest BCUT2D eigenvalue weighted by atomic mass is 9.80. The van der Waals surface area contributed by atoms with Crippen molar-refractivity contribution in [2.75, 3.05) is 0 Å². The Labute approximate surface area is 177 Å². The molecule has 2 nitrogen and oxygen atoms in total. The highest BCUT2D eigenvalue weighted by Gasteiger charge is 2.16. The summed E-state index contributed by atoms with van der Waals surface area (Å²) in [6.45, 7) is 0. The number of ketones is 1. The zero-order chi connectivity index (χ0) is 20.8. The number of hydrogen-bond acceptors (Lipinski definition) is 2. The van der Waals surface area contributed by atoms with Gasteiger partial charge in [0, 0.05) is 5.56 Å². The van der Waals surface area contributed by atoms with Crippen LogP contribution < -0.4 is 0 Å². The van der Waals surface area contributed by atoms with Gasteiger partial charge in [-0.1, -0.05) is 108 Å². The molecule has 30 heavy (non-hydrogen) atoms. The fraction of sp³-hybridized carbons (Fsp3) is 0. The monoisotopic (exact) mass is 389 g/mol. The summed E-state index contributed by atoms with van der Waals surface area (Å²) in [5.74, 6) is 0.644. The Morgan fingerprint density at radius 2 is 1.23 bits per heavy atom. The zero-order valence-electron chi connectivity index (χ0n) is 16.4. The molecule has 3 aromatic rings.